The predicted octanol–water partition coefficient (Wildman–Crippen LogP) is 11.3. The number of rotatable bonds is 11. The Hall–Kier alpha value is -3.18. The van der Waals surface area contributed by atoms with Crippen molar-refractivity contribution in [1.82, 2.24) is 10.6 Å². The number of halogens is 2. The molecule has 4 aliphatic heterocycles. The lowest BCUT2D eigenvalue weighted by atomic mass is 9.49. The SMILES string of the molecule is CC(C)(C)OC(=O)N[C@H](Cc1ccc(B2OC(C)(C)C(C)(C)O2)cc1B1OC(C)(C)C(C)(C)O1)C(=O)OC(C)(C)C.CC(C)(C)OC(=O)N[C@H](Cc1ccc(Br)cc1Br)C(=O)OC(C)(C)C.CC1(C)OB(B2OC(C)(C)C(C)(C)O2)OC1(C)C. The van der Waals surface area contributed by atoms with Gasteiger partial charge in [-0.2, -0.15) is 0 Å². The van der Waals surface area contributed by atoms with Gasteiger partial charge in [0, 0.05) is 21.8 Å². The summed E-state index contributed by atoms with van der Waals surface area (Å²) in [7, 11) is -2.28. The molecule has 470 valence electrons. The molecule has 0 saturated carbocycles. The summed E-state index contributed by atoms with van der Waals surface area (Å²) < 4.78 is 72.9. The molecule has 4 aliphatic rings. The van der Waals surface area contributed by atoms with Gasteiger partial charge in [0.15, 0.2) is 0 Å². The lowest BCUT2D eigenvalue weighted by Crippen LogP contribution is -2.49. The van der Waals surface area contributed by atoms with Gasteiger partial charge in [0.25, 0.3) is 0 Å². The van der Waals surface area contributed by atoms with E-state index in [1.165, 1.54) is 0 Å². The molecule has 2 aromatic carbocycles. The van der Waals surface area contributed by atoms with Crippen LogP contribution in [0, 0.1) is 0 Å². The van der Waals surface area contributed by atoms with Crippen molar-refractivity contribution >= 4 is 95.2 Å². The Bertz CT molecular complexity index is 2570. The van der Waals surface area contributed by atoms with E-state index in [0.717, 1.165) is 31.0 Å². The Morgan fingerprint density at radius 3 is 1.05 bits per heavy atom. The van der Waals surface area contributed by atoms with E-state index < -0.39 is 109 Å². The second kappa shape index (κ2) is 25.7. The number of carbonyl (C=O) groups excluding carboxylic acids is 4. The quantitative estimate of drug-likeness (QED) is 0.122. The fraction of sp³-hybridized carbons (Fsp3) is 0.733. The van der Waals surface area contributed by atoms with Crippen molar-refractivity contribution in [2.75, 3.05) is 0 Å². The number of alkyl carbamates (subject to hydrolysis) is 2. The third kappa shape index (κ3) is 19.9. The summed E-state index contributed by atoms with van der Waals surface area (Å²) in [5.41, 5.74) is -3.30. The second-order valence-electron chi connectivity index (χ2n) is 30.0. The summed E-state index contributed by atoms with van der Waals surface area (Å²) in [5, 5.41) is 5.34. The maximum absolute atomic E-state index is 13.3. The summed E-state index contributed by atoms with van der Waals surface area (Å²) in [6.45, 7) is 53.4. The first kappa shape index (κ1) is 73.3. The van der Waals surface area contributed by atoms with E-state index in [1.54, 1.807) is 83.1 Å². The summed E-state index contributed by atoms with van der Waals surface area (Å²) in [6.07, 6.45) is -0.963. The van der Waals surface area contributed by atoms with Gasteiger partial charge in [-0.1, -0.05) is 56.1 Å². The number of amides is 2. The molecule has 4 heterocycles. The maximum atomic E-state index is 13.3. The number of esters is 2. The molecule has 0 bridgehead atoms. The number of hydrogen-bond donors (Lipinski definition) is 2. The molecule has 0 unspecified atom stereocenters. The number of ether oxygens (including phenoxy) is 4. The Labute approximate surface area is 520 Å². The van der Waals surface area contributed by atoms with Gasteiger partial charge < -0.3 is 66.8 Å². The fourth-order valence-corrected chi connectivity index (χ4v) is 9.48. The maximum Gasteiger partial charge on any atom is 0.495 e. The Balaban J connectivity index is 0.000000298. The largest absolute Gasteiger partial charge is 0.495 e. The van der Waals surface area contributed by atoms with E-state index in [-0.39, 0.29) is 35.2 Å². The molecule has 0 radical (unpaired) electrons. The summed E-state index contributed by atoms with van der Waals surface area (Å²) in [5.74, 6) is -1.08. The molecule has 0 spiro atoms. The van der Waals surface area contributed by atoms with Gasteiger partial charge in [-0.15, -0.1) is 0 Å². The highest BCUT2D eigenvalue weighted by atomic mass is 79.9. The molecule has 2 aromatic rings. The van der Waals surface area contributed by atoms with Gasteiger partial charge in [0.2, 0.25) is 0 Å². The van der Waals surface area contributed by atoms with Crippen LogP contribution >= 0.6 is 31.9 Å². The van der Waals surface area contributed by atoms with Crippen LogP contribution in [0.25, 0.3) is 0 Å². The smallest absolute Gasteiger partial charge is 0.458 e. The average Bonchev–Trinajstić information content (AvgIpc) is 2.19. The van der Waals surface area contributed by atoms with Crippen LogP contribution in [-0.2, 0) is 78.6 Å². The van der Waals surface area contributed by atoms with Crippen LogP contribution in [0.3, 0.4) is 0 Å². The van der Waals surface area contributed by atoms with Gasteiger partial charge in [-0.05, 0) is 228 Å². The molecule has 4 saturated heterocycles. The van der Waals surface area contributed by atoms with Crippen LogP contribution in [0.4, 0.5) is 9.59 Å². The van der Waals surface area contributed by atoms with Gasteiger partial charge >= 0.3 is 52.4 Å². The number of nitrogens with one attached hydrogen (secondary N) is 2. The minimum absolute atomic E-state index is 0.122. The zero-order valence-electron chi connectivity index (χ0n) is 55.6. The third-order valence-electron chi connectivity index (χ3n) is 15.6. The Morgan fingerprint density at radius 1 is 0.429 bits per heavy atom. The highest BCUT2D eigenvalue weighted by Gasteiger charge is 2.64. The first-order valence-electron chi connectivity index (χ1n) is 28.9. The molecule has 84 heavy (non-hydrogen) atoms. The molecule has 4 fully saturated rings. The Kier molecular flexibility index (Phi) is 22.5. The van der Waals surface area contributed by atoms with Gasteiger partial charge in [-0.3, -0.25) is 0 Å². The molecule has 2 N–H and O–H groups in total. The fourth-order valence-electron chi connectivity index (χ4n) is 8.27. The normalized spacial score (nSPS) is 21.5. The first-order valence-corrected chi connectivity index (χ1v) is 30.5. The number of hydrogen-bond acceptors (Lipinski definition) is 16. The van der Waals surface area contributed by atoms with Crippen LogP contribution in [0.5, 0.6) is 0 Å². The molecule has 0 aromatic heterocycles. The van der Waals surface area contributed by atoms with E-state index in [9.17, 15) is 19.2 Å². The molecule has 0 aliphatic carbocycles. The lowest BCUT2D eigenvalue weighted by Gasteiger charge is -2.32. The molecule has 6 rings (SSSR count). The van der Waals surface area contributed by atoms with Gasteiger partial charge in [0.1, 0.15) is 34.5 Å². The van der Waals surface area contributed by atoms with Crippen LogP contribution in [0.15, 0.2) is 45.3 Å². The molecule has 18 nitrogen and oxygen atoms in total. The van der Waals surface area contributed by atoms with E-state index in [4.69, 9.17) is 56.2 Å². The number of carbonyl (C=O) groups is 4. The first-order chi connectivity index (χ1) is 37.5. The van der Waals surface area contributed by atoms with Crippen molar-refractivity contribution in [1.29, 1.82) is 0 Å². The standard InChI is InChI=1S/C30H49B2NO8.C18H25Br2NO4.C12H24B2O4/c1-25(2,3)36-23(34)22(33-24(35)37-26(4,5)6)17-19-15-16-20(31-38-27(7,8)28(9,10)39-31)18-21(19)32-40-29(11,12)30(13,14)41-32;1-17(2,3)24-15(22)14(21-16(23)25-18(4,5)6)9-11-7-8-12(19)10-13(11)20;1-9(2)10(3,4)16-13(15-9)14-17-11(5,6)12(7,8)18-14/h15-16,18,22H,17H2,1-14H3,(H,33,35);7-8,10,14H,9H2,1-6H3,(H,21,23);1-8H3/t22-;14-;/m11./s1. The minimum Gasteiger partial charge on any atom is -0.458 e. The Morgan fingerprint density at radius 2 is 0.726 bits per heavy atom. The topological polar surface area (TPSA) is 203 Å². The predicted molar refractivity (Wildman–Crippen MR) is 337 cm³/mol. The van der Waals surface area contributed by atoms with E-state index in [2.05, 4.69) is 42.5 Å². The van der Waals surface area contributed by atoms with Crippen molar-refractivity contribution in [3.05, 3.63) is 56.5 Å². The average molecular weight is 1310 g/mol. The van der Waals surface area contributed by atoms with E-state index in [0.29, 0.717) is 0 Å². The molecular weight excluding hydrogens is 1210 g/mol. The van der Waals surface area contributed by atoms with Crippen LogP contribution < -0.4 is 21.6 Å². The van der Waals surface area contributed by atoms with Gasteiger partial charge in [0.05, 0.1) is 44.8 Å². The molecule has 2 atom stereocenters. The zero-order valence-corrected chi connectivity index (χ0v) is 58.8. The van der Waals surface area contributed by atoms with Crippen molar-refractivity contribution in [3.63, 3.8) is 0 Å². The number of benzene rings is 2. The van der Waals surface area contributed by atoms with E-state index >= 15 is 0 Å². The summed E-state index contributed by atoms with van der Waals surface area (Å²) in [6, 6.07) is 9.51. The van der Waals surface area contributed by atoms with E-state index in [1.807, 2.05) is 147 Å². The molecule has 24 heteroatoms. The van der Waals surface area contributed by atoms with Crippen molar-refractivity contribution in [3.8, 4) is 0 Å². The minimum atomic E-state index is -1.02. The van der Waals surface area contributed by atoms with Crippen LogP contribution in [0.2, 0.25) is 0 Å². The summed E-state index contributed by atoms with van der Waals surface area (Å²) >= 11 is 6.87. The van der Waals surface area contributed by atoms with Crippen molar-refractivity contribution < 1.29 is 75.4 Å². The van der Waals surface area contributed by atoms with Crippen molar-refractivity contribution in [2.45, 2.75) is 286 Å². The monoisotopic (exact) mass is 1300 g/mol. The highest BCUT2D eigenvalue weighted by molar-refractivity contribution is 9.11. The molecule has 2 amide bonds. The third-order valence-corrected chi connectivity index (χ3v) is 16.8. The van der Waals surface area contributed by atoms with Crippen LogP contribution in [-0.4, -0.2) is 132 Å². The highest BCUT2D eigenvalue weighted by Crippen LogP contribution is 2.43. The van der Waals surface area contributed by atoms with Crippen LogP contribution in [0.1, 0.15) is 205 Å². The molecular formula is C60H98B4Br2N2O16. The zero-order chi connectivity index (χ0) is 64.8. The summed E-state index contributed by atoms with van der Waals surface area (Å²) in [4.78, 5) is 50.7. The lowest BCUT2D eigenvalue weighted by molar-refractivity contribution is -0.158. The van der Waals surface area contributed by atoms with Gasteiger partial charge in [-0.25, -0.2) is 19.2 Å². The van der Waals surface area contributed by atoms with Crippen molar-refractivity contribution in [2.24, 2.45) is 0 Å². The second-order valence-corrected chi connectivity index (χ2v) is 31.8.